The van der Waals surface area contributed by atoms with E-state index in [1.165, 1.54) is 13.1 Å². The fraction of sp³-hybridized carbons (Fsp3) is 0.471. The van der Waals surface area contributed by atoms with Crippen molar-refractivity contribution in [2.24, 2.45) is 11.1 Å². The van der Waals surface area contributed by atoms with Gasteiger partial charge in [0.1, 0.15) is 0 Å². The molecule has 1 fully saturated rings. The van der Waals surface area contributed by atoms with Gasteiger partial charge in [0.15, 0.2) is 0 Å². The van der Waals surface area contributed by atoms with Gasteiger partial charge in [0.25, 0.3) is 5.91 Å². The third kappa shape index (κ3) is 3.05. The molecule has 134 valence electrons. The molecule has 0 aromatic carbocycles. The molecule has 8 heteroatoms. The number of carbonyl (C=O) groups excluding carboxylic acids is 2. The van der Waals surface area contributed by atoms with E-state index in [9.17, 15) is 14.7 Å². The van der Waals surface area contributed by atoms with Crippen LogP contribution in [0.15, 0.2) is 18.5 Å². The molecule has 2 heterocycles. The number of nitrogens with two attached hydrogens (primary N) is 1. The molecule has 0 radical (unpaired) electrons. The maximum Gasteiger partial charge on any atom is 0.252 e. The van der Waals surface area contributed by atoms with Gasteiger partial charge in [-0.05, 0) is 18.9 Å². The maximum atomic E-state index is 11.9. The SMILES string of the molecule is CC(=O)Nc1cc2c(N[C@@H]3CC[C@@H](O)C3(C)C)c(C(N)=O)cnn2c1. The molecule has 25 heavy (non-hydrogen) atoms. The van der Waals surface area contributed by atoms with E-state index in [1.54, 1.807) is 16.8 Å². The van der Waals surface area contributed by atoms with Crippen molar-refractivity contribution in [2.45, 2.75) is 45.8 Å². The number of hydrogen-bond acceptors (Lipinski definition) is 5. The average molecular weight is 345 g/mol. The molecule has 2 atom stereocenters. The van der Waals surface area contributed by atoms with Crippen LogP contribution in [0, 0.1) is 5.41 Å². The van der Waals surface area contributed by atoms with Crippen LogP contribution in [0.25, 0.3) is 5.52 Å². The van der Waals surface area contributed by atoms with Crippen LogP contribution in [0.1, 0.15) is 44.0 Å². The maximum absolute atomic E-state index is 11.9. The van der Waals surface area contributed by atoms with Crippen LogP contribution in [0.4, 0.5) is 11.4 Å². The van der Waals surface area contributed by atoms with E-state index < -0.39 is 12.0 Å². The Morgan fingerprint density at radius 3 is 2.68 bits per heavy atom. The van der Waals surface area contributed by atoms with Crippen molar-refractivity contribution in [2.75, 3.05) is 10.6 Å². The van der Waals surface area contributed by atoms with E-state index in [-0.39, 0.29) is 22.9 Å². The summed E-state index contributed by atoms with van der Waals surface area (Å²) >= 11 is 0. The standard InChI is InChI=1S/C17H23N5O3/c1-9(23)20-10-6-12-15(11(16(18)25)7-19-22(12)8-10)21-13-4-5-14(24)17(13,2)3/h6-8,13-14,21,24H,4-5H2,1-3H3,(H2,18,25)(H,20,23)/t13-,14-/m1/s1. The summed E-state index contributed by atoms with van der Waals surface area (Å²) in [6.45, 7) is 5.41. The first-order valence-corrected chi connectivity index (χ1v) is 8.23. The van der Waals surface area contributed by atoms with Crippen molar-refractivity contribution in [3.63, 3.8) is 0 Å². The fourth-order valence-corrected chi connectivity index (χ4v) is 3.40. The molecule has 1 aliphatic rings. The van der Waals surface area contributed by atoms with Gasteiger partial charge in [0.05, 0.1) is 41.0 Å². The first-order chi connectivity index (χ1) is 11.7. The van der Waals surface area contributed by atoms with E-state index in [2.05, 4.69) is 15.7 Å². The number of anilines is 2. The Balaban J connectivity index is 2.07. The number of aromatic nitrogens is 2. The van der Waals surface area contributed by atoms with Crippen molar-refractivity contribution in [3.05, 3.63) is 24.0 Å². The molecule has 1 aliphatic carbocycles. The van der Waals surface area contributed by atoms with Crippen molar-refractivity contribution in [1.82, 2.24) is 9.61 Å². The van der Waals surface area contributed by atoms with Crippen LogP contribution in [0.2, 0.25) is 0 Å². The quantitative estimate of drug-likeness (QED) is 0.666. The lowest BCUT2D eigenvalue weighted by molar-refractivity contribution is -0.114. The largest absolute Gasteiger partial charge is 0.392 e. The predicted molar refractivity (Wildman–Crippen MR) is 94.4 cm³/mol. The Hall–Kier alpha value is -2.61. The second kappa shape index (κ2) is 6.03. The van der Waals surface area contributed by atoms with Gasteiger partial charge >= 0.3 is 0 Å². The summed E-state index contributed by atoms with van der Waals surface area (Å²) in [5.74, 6) is -0.781. The molecular formula is C17H23N5O3. The van der Waals surface area contributed by atoms with Gasteiger partial charge in [0, 0.05) is 18.4 Å². The molecule has 0 saturated heterocycles. The highest BCUT2D eigenvalue weighted by molar-refractivity contribution is 6.02. The summed E-state index contributed by atoms with van der Waals surface area (Å²) in [5.41, 5.74) is 7.22. The van der Waals surface area contributed by atoms with Crippen molar-refractivity contribution < 1.29 is 14.7 Å². The number of nitrogens with one attached hydrogen (secondary N) is 2. The van der Waals surface area contributed by atoms with E-state index in [4.69, 9.17) is 5.73 Å². The van der Waals surface area contributed by atoms with E-state index in [0.29, 0.717) is 23.3 Å². The van der Waals surface area contributed by atoms with Gasteiger partial charge < -0.3 is 21.5 Å². The van der Waals surface area contributed by atoms with Gasteiger partial charge in [-0.15, -0.1) is 0 Å². The fourth-order valence-electron chi connectivity index (χ4n) is 3.40. The number of primary amides is 1. The van der Waals surface area contributed by atoms with E-state index in [0.717, 1.165) is 6.42 Å². The van der Waals surface area contributed by atoms with Crippen LogP contribution in [-0.2, 0) is 4.79 Å². The van der Waals surface area contributed by atoms with E-state index in [1.807, 2.05) is 13.8 Å². The number of amides is 2. The molecule has 1 saturated carbocycles. The summed E-state index contributed by atoms with van der Waals surface area (Å²) in [4.78, 5) is 23.2. The van der Waals surface area contributed by atoms with Gasteiger partial charge in [-0.2, -0.15) is 5.10 Å². The third-order valence-corrected chi connectivity index (χ3v) is 5.03. The Bertz CT molecular complexity index is 842. The van der Waals surface area contributed by atoms with Gasteiger partial charge in [-0.25, -0.2) is 4.52 Å². The highest BCUT2D eigenvalue weighted by Gasteiger charge is 2.42. The predicted octanol–water partition coefficient (Wildman–Crippen LogP) is 1.35. The van der Waals surface area contributed by atoms with Crippen LogP contribution < -0.4 is 16.4 Å². The third-order valence-electron chi connectivity index (χ3n) is 5.03. The van der Waals surface area contributed by atoms with Crippen molar-refractivity contribution in [3.8, 4) is 0 Å². The highest BCUT2D eigenvalue weighted by atomic mass is 16.3. The molecule has 8 nitrogen and oxygen atoms in total. The van der Waals surface area contributed by atoms with E-state index >= 15 is 0 Å². The lowest BCUT2D eigenvalue weighted by Gasteiger charge is -2.32. The smallest absolute Gasteiger partial charge is 0.252 e. The summed E-state index contributed by atoms with van der Waals surface area (Å²) < 4.78 is 1.58. The number of hydrogen-bond donors (Lipinski definition) is 4. The monoisotopic (exact) mass is 345 g/mol. The molecule has 3 rings (SSSR count). The van der Waals surface area contributed by atoms with Crippen LogP contribution in [-0.4, -0.2) is 38.7 Å². The molecule has 5 N–H and O–H groups in total. The topological polar surface area (TPSA) is 122 Å². The van der Waals surface area contributed by atoms with Crippen molar-refractivity contribution >= 4 is 28.7 Å². The van der Waals surface area contributed by atoms with Crippen LogP contribution in [0.3, 0.4) is 0 Å². The Kier molecular flexibility index (Phi) is 4.16. The normalized spacial score (nSPS) is 22.1. The average Bonchev–Trinajstić information content (AvgIpc) is 3.01. The Labute approximate surface area is 145 Å². The van der Waals surface area contributed by atoms with Crippen LogP contribution in [0.5, 0.6) is 0 Å². The summed E-state index contributed by atoms with van der Waals surface area (Å²) in [6, 6.07) is 1.72. The van der Waals surface area contributed by atoms with Crippen molar-refractivity contribution in [1.29, 1.82) is 0 Å². The minimum Gasteiger partial charge on any atom is -0.392 e. The Morgan fingerprint density at radius 2 is 2.12 bits per heavy atom. The minimum atomic E-state index is -0.587. The number of nitrogens with zero attached hydrogens (tertiary/aromatic N) is 2. The zero-order chi connectivity index (χ0) is 18.4. The number of fused-ring (bicyclic) bond motifs is 1. The lowest BCUT2D eigenvalue weighted by atomic mass is 9.85. The molecule has 0 bridgehead atoms. The second-order valence-corrected chi connectivity index (χ2v) is 7.15. The number of carbonyl (C=O) groups is 2. The summed E-state index contributed by atoms with van der Waals surface area (Å²) in [7, 11) is 0. The van der Waals surface area contributed by atoms with Gasteiger partial charge in [-0.3, -0.25) is 9.59 Å². The second-order valence-electron chi connectivity index (χ2n) is 7.15. The van der Waals surface area contributed by atoms with Crippen LogP contribution >= 0.6 is 0 Å². The molecule has 0 unspecified atom stereocenters. The molecule has 2 aromatic heterocycles. The summed E-state index contributed by atoms with van der Waals surface area (Å²) in [5, 5.41) is 20.5. The summed E-state index contributed by atoms with van der Waals surface area (Å²) in [6.07, 6.45) is 4.13. The molecular weight excluding hydrogens is 322 g/mol. The first kappa shape index (κ1) is 17.2. The van der Waals surface area contributed by atoms with Gasteiger partial charge in [0.2, 0.25) is 5.91 Å². The van der Waals surface area contributed by atoms with Gasteiger partial charge in [-0.1, -0.05) is 13.8 Å². The minimum absolute atomic E-state index is 0.0223. The molecule has 2 aromatic rings. The lowest BCUT2D eigenvalue weighted by Crippen LogP contribution is -2.38. The Morgan fingerprint density at radius 1 is 1.40 bits per heavy atom. The number of aliphatic hydroxyl groups excluding tert-OH is 1. The zero-order valence-electron chi connectivity index (χ0n) is 14.5. The molecule has 2 amide bonds. The highest BCUT2D eigenvalue weighted by Crippen LogP contribution is 2.40. The number of rotatable bonds is 4. The first-order valence-electron chi connectivity index (χ1n) is 8.23. The molecule has 0 spiro atoms. The number of aliphatic hydroxyl groups is 1. The molecule has 0 aliphatic heterocycles. The zero-order valence-corrected chi connectivity index (χ0v) is 14.5.